The molecule has 0 spiro atoms. The molecular formula is C17H20N2O. The monoisotopic (exact) mass is 268 g/mol. The largest absolute Gasteiger partial charge is 0.308 e. The van der Waals surface area contributed by atoms with Crippen LogP contribution < -0.4 is 4.90 Å². The molecule has 0 radical (unpaired) electrons. The van der Waals surface area contributed by atoms with E-state index < -0.39 is 0 Å². The maximum atomic E-state index is 12.7. The number of anilines is 1. The highest BCUT2D eigenvalue weighted by molar-refractivity contribution is 5.98. The smallest absolute Gasteiger partial charge is 0.227 e. The van der Waals surface area contributed by atoms with Gasteiger partial charge < -0.3 is 9.80 Å². The molecule has 3 nitrogen and oxygen atoms in total. The van der Waals surface area contributed by atoms with Crippen molar-refractivity contribution in [2.45, 2.75) is 37.3 Å². The zero-order valence-electron chi connectivity index (χ0n) is 11.8. The standard InChI is InChI=1S/C17H20N2O/c1-18-9-12-11-4-2-3-5-13(11)19-15(20)8-10-6-7-14(18)16(10)17(12)19/h2-5,10,12,14,16-17H,6-9H2,1H3/t10-,12-,14-,16+,17+/m0/s1. The number of carbonyl (C=O) groups excluding carboxylic acids is 1. The fraction of sp³-hybridized carbons (Fsp3) is 0.588. The molecule has 0 bridgehead atoms. The number of amides is 1. The molecular weight excluding hydrogens is 248 g/mol. The van der Waals surface area contributed by atoms with Crippen LogP contribution in [0.4, 0.5) is 5.69 Å². The number of hydrogen-bond acceptors (Lipinski definition) is 2. The summed E-state index contributed by atoms with van der Waals surface area (Å²) < 4.78 is 0. The van der Waals surface area contributed by atoms with E-state index >= 15 is 0 Å². The number of para-hydroxylation sites is 1. The van der Waals surface area contributed by atoms with Crippen molar-refractivity contribution in [1.82, 2.24) is 4.90 Å². The molecule has 20 heavy (non-hydrogen) atoms. The first-order valence-corrected chi connectivity index (χ1v) is 7.87. The number of benzene rings is 1. The molecule has 1 saturated carbocycles. The van der Waals surface area contributed by atoms with E-state index in [0.717, 1.165) is 13.0 Å². The van der Waals surface area contributed by atoms with Gasteiger partial charge in [-0.3, -0.25) is 4.79 Å². The second kappa shape index (κ2) is 3.64. The van der Waals surface area contributed by atoms with E-state index in [9.17, 15) is 4.79 Å². The van der Waals surface area contributed by atoms with E-state index in [0.29, 0.717) is 35.7 Å². The summed E-state index contributed by atoms with van der Waals surface area (Å²) in [6.07, 6.45) is 3.30. The summed E-state index contributed by atoms with van der Waals surface area (Å²) in [6.45, 7) is 1.11. The number of fused-ring (bicyclic) bond motifs is 3. The molecule has 0 N–H and O–H groups in total. The molecule has 5 atom stereocenters. The van der Waals surface area contributed by atoms with Crippen LogP contribution in [-0.2, 0) is 4.79 Å². The van der Waals surface area contributed by atoms with Gasteiger partial charge in [-0.1, -0.05) is 18.2 Å². The molecule has 104 valence electrons. The van der Waals surface area contributed by atoms with Crippen LogP contribution in [0.2, 0.25) is 0 Å². The Bertz CT molecular complexity index is 598. The summed E-state index contributed by atoms with van der Waals surface area (Å²) in [7, 11) is 2.28. The Kier molecular flexibility index (Phi) is 2.06. The van der Waals surface area contributed by atoms with Crippen molar-refractivity contribution >= 4 is 11.6 Å². The first-order valence-electron chi connectivity index (χ1n) is 7.87. The summed E-state index contributed by atoms with van der Waals surface area (Å²) in [5.41, 5.74) is 2.61. The van der Waals surface area contributed by atoms with Gasteiger partial charge in [-0.15, -0.1) is 0 Å². The molecule has 1 aliphatic carbocycles. The van der Waals surface area contributed by atoms with Crippen LogP contribution in [0.3, 0.4) is 0 Å². The number of likely N-dealkylation sites (tertiary alicyclic amines) is 1. The SMILES string of the molecule is CN1C[C@H]2c3ccccc3N3C(=O)C[C@@H]4CC[C@H]1[C@@H]4[C@@H]23. The van der Waals surface area contributed by atoms with Crippen LogP contribution in [0, 0.1) is 11.8 Å². The fourth-order valence-electron chi connectivity index (χ4n) is 5.60. The lowest BCUT2D eigenvalue weighted by Crippen LogP contribution is -2.60. The van der Waals surface area contributed by atoms with E-state index in [2.05, 4.69) is 41.1 Å². The van der Waals surface area contributed by atoms with Crippen LogP contribution in [0.1, 0.15) is 30.7 Å². The van der Waals surface area contributed by atoms with Gasteiger partial charge in [0.1, 0.15) is 0 Å². The van der Waals surface area contributed by atoms with Crippen molar-refractivity contribution in [1.29, 1.82) is 0 Å². The van der Waals surface area contributed by atoms with E-state index in [1.54, 1.807) is 0 Å². The van der Waals surface area contributed by atoms with Gasteiger partial charge in [0.25, 0.3) is 0 Å². The quantitative estimate of drug-likeness (QED) is 0.720. The first-order chi connectivity index (χ1) is 9.75. The third-order valence-electron chi connectivity index (χ3n) is 6.28. The topological polar surface area (TPSA) is 23.6 Å². The third-order valence-corrected chi connectivity index (χ3v) is 6.28. The molecule has 4 aliphatic rings. The van der Waals surface area contributed by atoms with E-state index in [-0.39, 0.29) is 0 Å². The normalized spacial score (nSPS) is 41.8. The predicted octanol–water partition coefficient (Wildman–Crippen LogP) is 2.23. The molecule has 2 saturated heterocycles. The summed E-state index contributed by atoms with van der Waals surface area (Å²) in [4.78, 5) is 17.4. The Labute approximate surface area is 119 Å². The number of nitrogens with zero attached hydrogens (tertiary/aromatic N) is 2. The molecule has 3 aliphatic heterocycles. The summed E-state index contributed by atoms with van der Waals surface area (Å²) in [6, 6.07) is 9.73. The lowest BCUT2D eigenvalue weighted by atomic mass is 9.72. The van der Waals surface area contributed by atoms with E-state index in [4.69, 9.17) is 0 Å². The highest BCUT2D eigenvalue weighted by Gasteiger charge is 2.58. The predicted molar refractivity (Wildman–Crippen MR) is 77.7 cm³/mol. The van der Waals surface area contributed by atoms with Gasteiger partial charge >= 0.3 is 0 Å². The van der Waals surface area contributed by atoms with Gasteiger partial charge in [-0.2, -0.15) is 0 Å². The van der Waals surface area contributed by atoms with Gasteiger partial charge in [-0.05, 0) is 43.4 Å². The van der Waals surface area contributed by atoms with Gasteiger partial charge in [0, 0.05) is 36.7 Å². The maximum Gasteiger partial charge on any atom is 0.227 e. The zero-order valence-corrected chi connectivity index (χ0v) is 11.8. The second-order valence-electron chi connectivity index (χ2n) is 7.05. The Balaban J connectivity index is 1.71. The summed E-state index contributed by atoms with van der Waals surface area (Å²) in [5.74, 6) is 2.23. The Morgan fingerprint density at radius 1 is 1.20 bits per heavy atom. The lowest BCUT2D eigenvalue weighted by Gasteiger charge is -2.49. The van der Waals surface area contributed by atoms with Crippen molar-refractivity contribution in [3.63, 3.8) is 0 Å². The Hall–Kier alpha value is -1.35. The van der Waals surface area contributed by atoms with Crippen molar-refractivity contribution in [2.75, 3.05) is 18.5 Å². The van der Waals surface area contributed by atoms with Gasteiger partial charge in [0.05, 0.1) is 0 Å². The van der Waals surface area contributed by atoms with Gasteiger partial charge in [0.15, 0.2) is 0 Å². The molecule has 5 rings (SSSR count). The number of hydrogen-bond donors (Lipinski definition) is 0. The number of piperidine rings is 2. The number of rotatable bonds is 0. The number of likely N-dealkylation sites (N-methyl/N-ethyl adjacent to an activating group) is 1. The van der Waals surface area contributed by atoms with Crippen molar-refractivity contribution < 1.29 is 4.79 Å². The molecule has 3 heteroatoms. The second-order valence-corrected chi connectivity index (χ2v) is 7.05. The van der Waals surface area contributed by atoms with Gasteiger partial charge in [0.2, 0.25) is 5.91 Å². The van der Waals surface area contributed by atoms with Crippen LogP contribution in [0.25, 0.3) is 0 Å². The van der Waals surface area contributed by atoms with Gasteiger partial charge in [-0.25, -0.2) is 0 Å². The van der Waals surface area contributed by atoms with Crippen molar-refractivity contribution in [3.05, 3.63) is 29.8 Å². The molecule has 0 aromatic heterocycles. The first kappa shape index (κ1) is 11.3. The van der Waals surface area contributed by atoms with Crippen LogP contribution in [0.15, 0.2) is 24.3 Å². The maximum absolute atomic E-state index is 12.7. The fourth-order valence-corrected chi connectivity index (χ4v) is 5.60. The number of carbonyl (C=O) groups is 1. The zero-order chi connectivity index (χ0) is 13.4. The third kappa shape index (κ3) is 1.19. The van der Waals surface area contributed by atoms with E-state index in [1.165, 1.54) is 24.1 Å². The molecule has 3 fully saturated rings. The minimum atomic E-state index is 0.372. The average molecular weight is 268 g/mol. The molecule has 1 aromatic rings. The minimum absolute atomic E-state index is 0.372. The molecule has 3 heterocycles. The highest BCUT2D eigenvalue weighted by atomic mass is 16.2. The Morgan fingerprint density at radius 3 is 2.95 bits per heavy atom. The molecule has 1 amide bonds. The highest BCUT2D eigenvalue weighted by Crippen LogP contribution is 2.56. The summed E-state index contributed by atoms with van der Waals surface area (Å²) in [5, 5.41) is 0. The van der Waals surface area contributed by atoms with Crippen molar-refractivity contribution in [2.24, 2.45) is 11.8 Å². The average Bonchev–Trinajstić information content (AvgIpc) is 2.99. The van der Waals surface area contributed by atoms with E-state index in [1.807, 2.05) is 0 Å². The van der Waals surface area contributed by atoms with Crippen LogP contribution in [-0.4, -0.2) is 36.5 Å². The minimum Gasteiger partial charge on any atom is -0.308 e. The Morgan fingerprint density at radius 2 is 2.05 bits per heavy atom. The lowest BCUT2D eigenvalue weighted by molar-refractivity contribution is -0.123. The van der Waals surface area contributed by atoms with Crippen molar-refractivity contribution in [3.8, 4) is 0 Å². The van der Waals surface area contributed by atoms with Crippen LogP contribution >= 0.6 is 0 Å². The van der Waals surface area contributed by atoms with Crippen LogP contribution in [0.5, 0.6) is 0 Å². The molecule has 1 aromatic carbocycles. The molecule has 0 unspecified atom stereocenters. The summed E-state index contributed by atoms with van der Waals surface area (Å²) >= 11 is 0.